The topological polar surface area (TPSA) is 26.0 Å². The highest BCUT2D eigenvalue weighted by atomic mass is 35.5. The molecular formula is C22H50ClN2+. The van der Waals surface area contributed by atoms with Crippen molar-refractivity contribution in [1.82, 2.24) is 0 Å². The molecule has 0 aromatic carbocycles. The van der Waals surface area contributed by atoms with Gasteiger partial charge in [0.2, 0.25) is 0 Å². The SMILES string of the molecule is CCCCCCCCCC[N+](C)(C)CCCCCCCCCC.NCl. The summed E-state index contributed by atoms with van der Waals surface area (Å²) in [6.07, 6.45) is 23.0. The normalized spacial score (nSPS) is 11.3. The Morgan fingerprint density at radius 2 is 0.720 bits per heavy atom. The minimum absolute atomic E-state index is 1.24. The molecule has 0 radical (unpaired) electrons. The molecule has 0 amide bonds. The van der Waals surface area contributed by atoms with Crippen molar-refractivity contribution >= 4 is 11.8 Å². The fraction of sp³-hybridized carbons (Fsp3) is 1.00. The first-order valence-corrected chi connectivity index (χ1v) is 11.6. The quantitative estimate of drug-likeness (QED) is 0.150. The van der Waals surface area contributed by atoms with Crippen LogP contribution in [0.5, 0.6) is 0 Å². The summed E-state index contributed by atoms with van der Waals surface area (Å²) in [7, 11) is 4.87. The molecule has 2 nitrogen and oxygen atoms in total. The van der Waals surface area contributed by atoms with E-state index in [1.165, 1.54) is 120 Å². The van der Waals surface area contributed by atoms with Gasteiger partial charge >= 0.3 is 0 Å². The molecule has 0 rings (SSSR count). The van der Waals surface area contributed by atoms with Gasteiger partial charge in [-0.3, -0.25) is 0 Å². The average Bonchev–Trinajstić information content (AvgIpc) is 2.61. The van der Waals surface area contributed by atoms with Crippen LogP contribution in [0.4, 0.5) is 0 Å². The molecule has 0 aliphatic carbocycles. The molecule has 0 bridgehead atoms. The molecule has 0 unspecified atom stereocenters. The second-order valence-corrected chi connectivity index (χ2v) is 8.33. The Kier molecular flexibility index (Phi) is 24.4. The maximum Gasteiger partial charge on any atom is 0.0782 e. The highest BCUT2D eigenvalue weighted by Gasteiger charge is 2.13. The molecule has 0 heterocycles. The van der Waals surface area contributed by atoms with Gasteiger partial charge in [-0.05, 0) is 37.5 Å². The predicted molar refractivity (Wildman–Crippen MR) is 117 cm³/mol. The highest BCUT2D eigenvalue weighted by Crippen LogP contribution is 2.13. The van der Waals surface area contributed by atoms with Crippen LogP contribution < -0.4 is 5.25 Å². The number of halogens is 1. The molecule has 0 spiro atoms. The first-order valence-electron chi connectivity index (χ1n) is 11.2. The number of quaternary nitrogens is 1. The highest BCUT2D eigenvalue weighted by molar-refractivity contribution is 6.11. The number of unbranched alkanes of at least 4 members (excludes halogenated alkanes) is 14. The minimum atomic E-state index is 1.24. The third kappa shape index (κ3) is 24.2. The van der Waals surface area contributed by atoms with Crippen LogP contribution in [0, 0.1) is 0 Å². The van der Waals surface area contributed by atoms with Crippen molar-refractivity contribution in [1.29, 1.82) is 0 Å². The minimum Gasteiger partial charge on any atom is -0.328 e. The summed E-state index contributed by atoms with van der Waals surface area (Å²) in [5.74, 6) is 0. The molecular weight excluding hydrogens is 328 g/mol. The van der Waals surface area contributed by atoms with Crippen LogP contribution in [0.1, 0.15) is 117 Å². The Balaban J connectivity index is 0. The van der Waals surface area contributed by atoms with Crippen molar-refractivity contribution in [3.05, 3.63) is 0 Å². The van der Waals surface area contributed by atoms with E-state index in [-0.39, 0.29) is 0 Å². The van der Waals surface area contributed by atoms with E-state index < -0.39 is 0 Å². The van der Waals surface area contributed by atoms with Crippen LogP contribution in [0.25, 0.3) is 0 Å². The molecule has 2 N–H and O–H groups in total. The van der Waals surface area contributed by atoms with Gasteiger partial charge in [-0.15, -0.1) is 0 Å². The Hall–Kier alpha value is 0.210. The standard InChI is InChI=1S/C22H48N.ClH2N/c1-5-7-9-11-13-15-17-19-21-23(3,4)22-20-18-16-14-12-10-8-6-2;1-2/h5-22H2,1-4H3;2H2/q+1;. The summed E-state index contributed by atoms with van der Waals surface area (Å²) >= 11 is 4.14. The van der Waals surface area contributed by atoms with Crippen LogP contribution in [-0.4, -0.2) is 31.7 Å². The van der Waals surface area contributed by atoms with Crippen molar-refractivity contribution in [3.8, 4) is 0 Å². The van der Waals surface area contributed by atoms with E-state index in [0.717, 1.165) is 0 Å². The van der Waals surface area contributed by atoms with Gasteiger partial charge in [0.1, 0.15) is 0 Å². The zero-order chi connectivity index (χ0) is 19.2. The van der Waals surface area contributed by atoms with Crippen molar-refractivity contribution in [2.24, 2.45) is 5.25 Å². The van der Waals surface area contributed by atoms with Crippen molar-refractivity contribution < 1.29 is 4.48 Å². The van der Waals surface area contributed by atoms with Gasteiger partial charge in [-0.2, -0.15) is 0 Å². The Morgan fingerprint density at radius 3 is 1.00 bits per heavy atom. The van der Waals surface area contributed by atoms with E-state index in [4.69, 9.17) is 0 Å². The largest absolute Gasteiger partial charge is 0.328 e. The van der Waals surface area contributed by atoms with Gasteiger partial charge in [0.15, 0.2) is 0 Å². The smallest absolute Gasteiger partial charge is 0.0782 e. The third-order valence-electron chi connectivity index (χ3n) is 5.23. The van der Waals surface area contributed by atoms with E-state index >= 15 is 0 Å². The summed E-state index contributed by atoms with van der Waals surface area (Å²) in [5.41, 5.74) is 0. The van der Waals surface area contributed by atoms with Crippen LogP contribution >= 0.6 is 11.8 Å². The van der Waals surface area contributed by atoms with Gasteiger partial charge in [0.05, 0.1) is 27.2 Å². The monoisotopic (exact) mass is 377 g/mol. The molecule has 0 atom stereocenters. The van der Waals surface area contributed by atoms with Crippen molar-refractivity contribution in [2.45, 2.75) is 117 Å². The fourth-order valence-corrected chi connectivity index (χ4v) is 3.46. The van der Waals surface area contributed by atoms with E-state index in [2.05, 4.69) is 45.0 Å². The lowest BCUT2D eigenvalue weighted by Gasteiger charge is -2.30. The van der Waals surface area contributed by atoms with Gasteiger partial charge in [0.25, 0.3) is 0 Å². The summed E-state index contributed by atoms with van der Waals surface area (Å²) in [6, 6.07) is 0. The lowest BCUT2D eigenvalue weighted by Crippen LogP contribution is -2.41. The number of hydrogen-bond donors (Lipinski definition) is 1. The number of hydrogen-bond acceptors (Lipinski definition) is 1. The first-order chi connectivity index (χ1) is 12.1. The summed E-state index contributed by atoms with van der Waals surface area (Å²) in [5, 5.41) is 3.97. The molecule has 0 saturated heterocycles. The van der Waals surface area contributed by atoms with Crippen LogP contribution in [0.15, 0.2) is 0 Å². The van der Waals surface area contributed by atoms with E-state index in [1.807, 2.05) is 0 Å². The molecule has 25 heavy (non-hydrogen) atoms. The van der Waals surface area contributed by atoms with Crippen molar-refractivity contribution in [2.75, 3.05) is 27.2 Å². The van der Waals surface area contributed by atoms with Gasteiger partial charge in [0, 0.05) is 0 Å². The summed E-state index contributed by atoms with van der Waals surface area (Å²) in [4.78, 5) is 0. The van der Waals surface area contributed by atoms with E-state index in [9.17, 15) is 0 Å². The fourth-order valence-electron chi connectivity index (χ4n) is 3.46. The second-order valence-electron chi connectivity index (χ2n) is 8.33. The molecule has 0 aromatic rings. The van der Waals surface area contributed by atoms with Crippen LogP contribution in [0.2, 0.25) is 0 Å². The molecule has 0 saturated carbocycles. The molecule has 0 aliphatic heterocycles. The Bertz CT molecular complexity index is 210. The van der Waals surface area contributed by atoms with Gasteiger partial charge in [-0.1, -0.05) is 90.9 Å². The number of nitrogens with two attached hydrogens (primary N) is 1. The zero-order valence-corrected chi connectivity index (χ0v) is 18.9. The number of nitrogens with zero attached hydrogens (tertiary/aromatic N) is 1. The molecule has 0 aliphatic rings. The lowest BCUT2D eigenvalue weighted by atomic mass is 10.1. The summed E-state index contributed by atoms with van der Waals surface area (Å²) in [6.45, 7) is 7.36. The lowest BCUT2D eigenvalue weighted by molar-refractivity contribution is -0.890. The molecule has 154 valence electrons. The van der Waals surface area contributed by atoms with Gasteiger partial charge < -0.3 is 4.48 Å². The maximum atomic E-state index is 4.14. The average molecular weight is 378 g/mol. The predicted octanol–water partition coefficient (Wildman–Crippen LogP) is 7.44. The molecule has 0 aromatic heterocycles. The van der Waals surface area contributed by atoms with Crippen molar-refractivity contribution in [3.63, 3.8) is 0 Å². The number of rotatable bonds is 18. The molecule has 0 fully saturated rings. The van der Waals surface area contributed by atoms with Crippen LogP contribution in [0.3, 0.4) is 0 Å². The Labute approximate surface area is 165 Å². The maximum absolute atomic E-state index is 4.14. The zero-order valence-electron chi connectivity index (χ0n) is 18.1. The Morgan fingerprint density at radius 1 is 0.480 bits per heavy atom. The first kappa shape index (κ1) is 27.4. The third-order valence-corrected chi connectivity index (χ3v) is 5.23. The summed E-state index contributed by atoms with van der Waals surface area (Å²) < 4.78 is 1.24. The van der Waals surface area contributed by atoms with Crippen LogP contribution in [-0.2, 0) is 0 Å². The molecule has 3 heteroatoms. The van der Waals surface area contributed by atoms with E-state index in [1.54, 1.807) is 0 Å². The van der Waals surface area contributed by atoms with E-state index in [0.29, 0.717) is 0 Å². The van der Waals surface area contributed by atoms with Gasteiger partial charge in [-0.25, -0.2) is 5.25 Å². The second kappa shape index (κ2) is 22.3.